The Morgan fingerprint density at radius 2 is 1.64 bits per heavy atom. The van der Waals surface area contributed by atoms with Gasteiger partial charge in [0.25, 0.3) is 5.91 Å². The average molecular weight is 288 g/mol. The number of para-hydroxylation sites is 1. The fraction of sp³-hybridized carbons (Fsp3) is 0.105. The Morgan fingerprint density at radius 1 is 0.909 bits per heavy atom. The zero-order chi connectivity index (χ0) is 15.1. The van der Waals surface area contributed by atoms with Gasteiger partial charge in [0, 0.05) is 12.6 Å². The number of hydrogen-bond donors (Lipinski definition) is 1. The molecule has 1 atom stereocenters. The number of carbonyl (C=O) groups is 1. The normalized spacial score (nSPS) is 17.2. The first-order valence-electron chi connectivity index (χ1n) is 7.36. The van der Waals surface area contributed by atoms with E-state index in [0.717, 1.165) is 16.8 Å². The predicted octanol–water partition coefficient (Wildman–Crippen LogP) is 3.72. The maximum Gasteiger partial charge on any atom is 0.255 e. The highest BCUT2D eigenvalue weighted by molar-refractivity contribution is 6.02. The van der Waals surface area contributed by atoms with E-state index in [0.29, 0.717) is 0 Å². The summed E-state index contributed by atoms with van der Waals surface area (Å²) >= 11 is 0. The van der Waals surface area contributed by atoms with Crippen LogP contribution in [-0.4, -0.2) is 13.0 Å². The summed E-state index contributed by atoms with van der Waals surface area (Å²) in [7, 11) is 2.02. The highest BCUT2D eigenvalue weighted by Crippen LogP contribution is 2.34. The Bertz CT molecular complexity index is 867. The number of carbonyl (C=O) groups excluding carboxylic acids is 1. The molecule has 0 saturated heterocycles. The van der Waals surface area contributed by atoms with Crippen molar-refractivity contribution in [1.82, 2.24) is 5.32 Å². The second-order valence-corrected chi connectivity index (χ2v) is 5.57. The summed E-state index contributed by atoms with van der Waals surface area (Å²) in [6.07, 6.45) is -0.159. The molecular formula is C19H16N2O. The lowest BCUT2D eigenvalue weighted by Gasteiger charge is -2.37. The Kier molecular flexibility index (Phi) is 2.86. The number of nitrogens with zero attached hydrogens (tertiary/aromatic N) is 1. The van der Waals surface area contributed by atoms with Crippen LogP contribution in [0, 0.1) is 0 Å². The van der Waals surface area contributed by atoms with Crippen molar-refractivity contribution in [3.8, 4) is 0 Å². The van der Waals surface area contributed by atoms with Crippen LogP contribution in [0.4, 0.5) is 5.69 Å². The number of anilines is 1. The summed E-state index contributed by atoms with van der Waals surface area (Å²) in [5, 5.41) is 5.47. The van der Waals surface area contributed by atoms with E-state index in [2.05, 4.69) is 34.5 Å². The first kappa shape index (κ1) is 12.9. The number of fused-ring (bicyclic) bond motifs is 2. The van der Waals surface area contributed by atoms with Crippen molar-refractivity contribution in [3.63, 3.8) is 0 Å². The third-order valence-corrected chi connectivity index (χ3v) is 4.30. The minimum absolute atomic E-state index is 0.0216. The molecule has 1 heterocycles. The molecule has 4 rings (SSSR count). The second-order valence-electron chi connectivity index (χ2n) is 5.57. The molecule has 3 nitrogen and oxygen atoms in total. The molecule has 108 valence electrons. The van der Waals surface area contributed by atoms with E-state index in [9.17, 15) is 4.79 Å². The largest absolute Gasteiger partial charge is 0.350 e. The van der Waals surface area contributed by atoms with Crippen molar-refractivity contribution >= 4 is 22.4 Å². The monoisotopic (exact) mass is 288 g/mol. The van der Waals surface area contributed by atoms with Gasteiger partial charge in [0.05, 0.1) is 11.3 Å². The van der Waals surface area contributed by atoms with Crippen molar-refractivity contribution < 1.29 is 4.79 Å². The zero-order valence-electron chi connectivity index (χ0n) is 12.3. The zero-order valence-corrected chi connectivity index (χ0v) is 12.3. The van der Waals surface area contributed by atoms with E-state index < -0.39 is 0 Å². The van der Waals surface area contributed by atoms with Crippen LogP contribution in [0.3, 0.4) is 0 Å². The molecule has 3 heteroatoms. The molecular weight excluding hydrogens is 272 g/mol. The maximum atomic E-state index is 12.4. The van der Waals surface area contributed by atoms with Crippen molar-refractivity contribution in [1.29, 1.82) is 0 Å². The molecule has 0 aromatic heterocycles. The molecule has 3 aromatic rings. The van der Waals surface area contributed by atoms with Gasteiger partial charge in [-0.05, 0) is 22.9 Å². The third kappa shape index (κ3) is 1.86. The van der Waals surface area contributed by atoms with E-state index in [1.165, 1.54) is 10.8 Å². The van der Waals surface area contributed by atoms with Crippen LogP contribution in [0.5, 0.6) is 0 Å². The lowest BCUT2D eigenvalue weighted by molar-refractivity contribution is 0.0928. The van der Waals surface area contributed by atoms with Crippen molar-refractivity contribution in [3.05, 3.63) is 77.9 Å². The summed E-state index contributed by atoms with van der Waals surface area (Å²) < 4.78 is 0. The van der Waals surface area contributed by atoms with Crippen LogP contribution >= 0.6 is 0 Å². The van der Waals surface area contributed by atoms with Crippen LogP contribution in [0.25, 0.3) is 10.8 Å². The molecule has 1 aliphatic rings. The van der Waals surface area contributed by atoms with Gasteiger partial charge < -0.3 is 10.2 Å². The molecule has 0 aliphatic carbocycles. The molecule has 0 fully saturated rings. The molecule has 1 aliphatic heterocycles. The van der Waals surface area contributed by atoms with E-state index in [4.69, 9.17) is 0 Å². The lowest BCUT2D eigenvalue weighted by atomic mass is 9.99. The molecule has 22 heavy (non-hydrogen) atoms. The average Bonchev–Trinajstić information content (AvgIpc) is 2.58. The molecule has 3 aromatic carbocycles. The fourth-order valence-corrected chi connectivity index (χ4v) is 3.19. The van der Waals surface area contributed by atoms with Gasteiger partial charge in [-0.1, -0.05) is 54.6 Å². The third-order valence-electron chi connectivity index (χ3n) is 4.30. The molecule has 1 N–H and O–H groups in total. The van der Waals surface area contributed by atoms with Crippen molar-refractivity contribution in [2.75, 3.05) is 11.9 Å². The minimum atomic E-state index is -0.159. The van der Waals surface area contributed by atoms with Gasteiger partial charge >= 0.3 is 0 Å². The standard InChI is InChI=1S/C19H16N2O/c1-21-17-12-5-4-10-16(17)19(22)20-18(21)15-11-6-8-13-7-2-3-9-14(13)15/h2-12,18H,1H3,(H,20,22)/t18-/m0/s1. The number of hydrogen-bond acceptors (Lipinski definition) is 2. The Labute approximate surface area is 129 Å². The summed E-state index contributed by atoms with van der Waals surface area (Å²) in [4.78, 5) is 14.5. The summed E-state index contributed by atoms with van der Waals surface area (Å²) in [5.74, 6) is -0.0216. The van der Waals surface area contributed by atoms with Gasteiger partial charge in [0.2, 0.25) is 0 Å². The number of nitrogens with one attached hydrogen (secondary N) is 1. The minimum Gasteiger partial charge on any atom is -0.350 e. The quantitative estimate of drug-likeness (QED) is 0.740. The molecule has 0 spiro atoms. The highest BCUT2D eigenvalue weighted by Gasteiger charge is 2.29. The van der Waals surface area contributed by atoms with Crippen molar-refractivity contribution in [2.45, 2.75) is 6.17 Å². The number of benzene rings is 3. The lowest BCUT2D eigenvalue weighted by Crippen LogP contribution is -2.44. The molecule has 1 amide bonds. The summed E-state index contributed by atoms with van der Waals surface area (Å²) in [6.45, 7) is 0. The first-order valence-corrected chi connectivity index (χ1v) is 7.36. The van der Waals surface area contributed by atoms with E-state index in [1.807, 2.05) is 49.5 Å². The maximum absolute atomic E-state index is 12.4. The van der Waals surface area contributed by atoms with Gasteiger partial charge in [-0.2, -0.15) is 0 Å². The smallest absolute Gasteiger partial charge is 0.255 e. The summed E-state index contributed by atoms with van der Waals surface area (Å²) in [6, 6.07) is 22.2. The summed E-state index contributed by atoms with van der Waals surface area (Å²) in [5.41, 5.74) is 2.80. The van der Waals surface area contributed by atoms with Gasteiger partial charge in [-0.15, -0.1) is 0 Å². The SMILES string of the molecule is CN1c2ccccc2C(=O)N[C@@H]1c1cccc2ccccc12. The highest BCUT2D eigenvalue weighted by atomic mass is 16.2. The Balaban J connectivity index is 1.88. The Morgan fingerprint density at radius 3 is 2.55 bits per heavy atom. The van der Waals surface area contributed by atoms with E-state index in [1.54, 1.807) is 0 Å². The fourth-order valence-electron chi connectivity index (χ4n) is 3.19. The van der Waals surface area contributed by atoms with Crippen LogP contribution in [-0.2, 0) is 0 Å². The number of rotatable bonds is 1. The van der Waals surface area contributed by atoms with Gasteiger partial charge in [0.15, 0.2) is 0 Å². The van der Waals surface area contributed by atoms with Gasteiger partial charge in [0.1, 0.15) is 6.17 Å². The molecule has 0 radical (unpaired) electrons. The van der Waals surface area contributed by atoms with Crippen LogP contribution in [0.1, 0.15) is 22.1 Å². The van der Waals surface area contributed by atoms with Crippen molar-refractivity contribution in [2.24, 2.45) is 0 Å². The van der Waals surface area contributed by atoms with Crippen LogP contribution in [0.2, 0.25) is 0 Å². The molecule has 0 unspecified atom stereocenters. The van der Waals surface area contributed by atoms with Gasteiger partial charge in [-0.3, -0.25) is 4.79 Å². The Hall–Kier alpha value is -2.81. The van der Waals surface area contributed by atoms with Crippen LogP contribution < -0.4 is 10.2 Å². The van der Waals surface area contributed by atoms with Crippen LogP contribution in [0.15, 0.2) is 66.7 Å². The van der Waals surface area contributed by atoms with E-state index >= 15 is 0 Å². The topological polar surface area (TPSA) is 32.3 Å². The first-order chi connectivity index (χ1) is 10.8. The van der Waals surface area contributed by atoms with Gasteiger partial charge in [-0.25, -0.2) is 0 Å². The predicted molar refractivity (Wildman–Crippen MR) is 89.0 cm³/mol. The number of amides is 1. The second kappa shape index (κ2) is 4.88. The van der Waals surface area contributed by atoms with E-state index in [-0.39, 0.29) is 12.1 Å². The molecule has 0 saturated carbocycles. The molecule has 0 bridgehead atoms.